The first kappa shape index (κ1) is 25.4. The molecule has 37 heavy (non-hydrogen) atoms. The van der Waals surface area contributed by atoms with Crippen molar-refractivity contribution in [3.05, 3.63) is 51.7 Å². The summed E-state index contributed by atoms with van der Waals surface area (Å²) in [7, 11) is 0. The first-order valence-electron chi connectivity index (χ1n) is 12.9. The van der Waals surface area contributed by atoms with Gasteiger partial charge in [-0.3, -0.25) is 9.36 Å². The second-order valence-corrected chi connectivity index (χ2v) is 9.91. The maximum absolute atomic E-state index is 13.5. The molecule has 0 saturated carbocycles. The quantitative estimate of drug-likeness (QED) is 0.344. The van der Waals surface area contributed by atoms with Crippen molar-refractivity contribution in [3.63, 3.8) is 0 Å². The minimum Gasteiger partial charge on any atom is -0.354 e. The fourth-order valence-corrected chi connectivity index (χ4v) is 5.28. The number of fused-ring (bicyclic) bond motifs is 1. The Bertz CT molecular complexity index is 1460. The average Bonchev–Trinajstić information content (AvgIpc) is 3.35. The molecule has 5 rings (SSSR count). The van der Waals surface area contributed by atoms with Crippen LogP contribution in [0.25, 0.3) is 33.5 Å². The van der Waals surface area contributed by atoms with Gasteiger partial charge in [0.2, 0.25) is 17.7 Å². The van der Waals surface area contributed by atoms with E-state index in [1.165, 1.54) is 25.9 Å². The smallest absolute Gasteiger partial charge is 0.260 e. The predicted octanol–water partition coefficient (Wildman–Crippen LogP) is 5.02. The van der Waals surface area contributed by atoms with Crippen LogP contribution < -0.4 is 10.9 Å². The van der Waals surface area contributed by atoms with E-state index < -0.39 is 0 Å². The predicted molar refractivity (Wildman–Crippen MR) is 146 cm³/mol. The minimum atomic E-state index is -0.146. The summed E-state index contributed by atoms with van der Waals surface area (Å²) in [5.41, 5.74) is 2.32. The highest BCUT2D eigenvalue weighted by Gasteiger charge is 2.19. The Morgan fingerprint density at radius 3 is 2.59 bits per heavy atom. The summed E-state index contributed by atoms with van der Waals surface area (Å²) in [5.74, 6) is 2.20. The number of pyridine rings is 1. The highest BCUT2D eigenvalue weighted by atomic mass is 35.5. The second-order valence-electron chi connectivity index (χ2n) is 9.50. The van der Waals surface area contributed by atoms with E-state index in [1.54, 1.807) is 23.8 Å². The maximum atomic E-state index is 13.5. The van der Waals surface area contributed by atoms with Gasteiger partial charge in [0.05, 0.1) is 0 Å². The van der Waals surface area contributed by atoms with Crippen LogP contribution in [0.15, 0.2) is 39.8 Å². The Morgan fingerprint density at radius 1 is 1.11 bits per heavy atom. The summed E-state index contributed by atoms with van der Waals surface area (Å²) in [4.78, 5) is 29.5. The SMILES string of the molecule is CCN1CCC(CCNc2ncc3cc(-c4ccc(-c5noc(C)n5)cc4Cl)c(=O)n(CC)c3n2)CC1. The van der Waals surface area contributed by atoms with E-state index in [1.807, 2.05) is 25.1 Å². The van der Waals surface area contributed by atoms with Crippen molar-refractivity contribution in [1.82, 2.24) is 29.6 Å². The second kappa shape index (κ2) is 11.0. The summed E-state index contributed by atoms with van der Waals surface area (Å²) in [6.45, 7) is 10.7. The van der Waals surface area contributed by atoms with Gasteiger partial charge in [0.1, 0.15) is 5.65 Å². The van der Waals surface area contributed by atoms with E-state index in [-0.39, 0.29) is 5.56 Å². The van der Waals surface area contributed by atoms with E-state index in [4.69, 9.17) is 21.1 Å². The van der Waals surface area contributed by atoms with Gasteiger partial charge in [0.25, 0.3) is 5.56 Å². The van der Waals surface area contributed by atoms with Gasteiger partial charge in [-0.1, -0.05) is 35.8 Å². The molecule has 1 N–H and O–H groups in total. The monoisotopic (exact) mass is 521 g/mol. The molecule has 4 aromatic rings. The zero-order chi connectivity index (χ0) is 25.9. The topological polar surface area (TPSA) is 102 Å². The first-order chi connectivity index (χ1) is 18.0. The molecule has 0 radical (unpaired) electrons. The van der Waals surface area contributed by atoms with Crippen LogP contribution in [0.2, 0.25) is 5.02 Å². The zero-order valence-electron chi connectivity index (χ0n) is 21.5. The van der Waals surface area contributed by atoms with Crippen molar-refractivity contribution in [2.75, 3.05) is 31.5 Å². The number of anilines is 1. The fourth-order valence-electron chi connectivity index (χ4n) is 5.00. The molecule has 9 nitrogen and oxygen atoms in total. The number of hydrogen-bond acceptors (Lipinski definition) is 8. The van der Waals surface area contributed by atoms with E-state index >= 15 is 0 Å². The van der Waals surface area contributed by atoms with Crippen LogP contribution in [0.1, 0.15) is 39.0 Å². The van der Waals surface area contributed by atoms with Gasteiger partial charge in [-0.05, 0) is 63.9 Å². The number of aryl methyl sites for hydroxylation is 2. The Morgan fingerprint density at radius 2 is 1.92 bits per heavy atom. The number of likely N-dealkylation sites (tertiary alicyclic amines) is 1. The Hall–Kier alpha value is -3.30. The van der Waals surface area contributed by atoms with Crippen molar-refractivity contribution >= 4 is 28.6 Å². The van der Waals surface area contributed by atoms with Gasteiger partial charge < -0.3 is 14.7 Å². The van der Waals surface area contributed by atoms with Gasteiger partial charge in [-0.25, -0.2) is 4.98 Å². The van der Waals surface area contributed by atoms with Crippen LogP contribution >= 0.6 is 11.6 Å². The molecule has 1 aliphatic rings. The Labute approximate surface area is 220 Å². The molecule has 0 spiro atoms. The molecule has 1 aliphatic heterocycles. The van der Waals surface area contributed by atoms with Crippen LogP contribution in [-0.2, 0) is 6.54 Å². The molecule has 194 valence electrons. The van der Waals surface area contributed by atoms with E-state index in [9.17, 15) is 4.79 Å². The Kier molecular flexibility index (Phi) is 7.53. The lowest BCUT2D eigenvalue weighted by Gasteiger charge is -2.31. The molecule has 1 saturated heterocycles. The van der Waals surface area contributed by atoms with Gasteiger partial charge in [0.15, 0.2) is 0 Å². The van der Waals surface area contributed by atoms with Crippen molar-refractivity contribution in [1.29, 1.82) is 0 Å². The number of benzene rings is 1. The van der Waals surface area contributed by atoms with E-state index in [2.05, 4.69) is 32.3 Å². The maximum Gasteiger partial charge on any atom is 0.260 e. The van der Waals surface area contributed by atoms with Crippen LogP contribution in [0.4, 0.5) is 5.95 Å². The van der Waals surface area contributed by atoms with Gasteiger partial charge in [-0.15, -0.1) is 0 Å². The molecule has 0 atom stereocenters. The summed E-state index contributed by atoms with van der Waals surface area (Å²) >= 11 is 6.62. The van der Waals surface area contributed by atoms with Crippen LogP contribution in [0, 0.1) is 12.8 Å². The lowest BCUT2D eigenvalue weighted by molar-refractivity contribution is 0.189. The third kappa shape index (κ3) is 5.38. The summed E-state index contributed by atoms with van der Waals surface area (Å²) in [6, 6.07) is 7.21. The highest BCUT2D eigenvalue weighted by Crippen LogP contribution is 2.31. The molecule has 10 heteroatoms. The number of nitrogens with one attached hydrogen (secondary N) is 1. The van der Waals surface area contributed by atoms with Crippen LogP contribution in [0.5, 0.6) is 0 Å². The molecule has 3 aromatic heterocycles. The molecule has 1 aromatic carbocycles. The molecular weight excluding hydrogens is 490 g/mol. The van der Waals surface area contributed by atoms with Crippen LogP contribution in [0.3, 0.4) is 0 Å². The largest absolute Gasteiger partial charge is 0.354 e. The molecule has 1 fully saturated rings. The standard InChI is InChI=1S/C27H32ClN7O2/c1-4-34-12-9-18(10-13-34)8-11-29-27-30-16-20-14-22(26(36)35(5-2)25(20)32-27)21-7-6-19(15-23(21)28)24-31-17(3)37-33-24/h6-7,14-16,18H,4-5,8-13H2,1-3H3,(H,29,30,32). The van der Waals surface area contributed by atoms with E-state index in [0.29, 0.717) is 46.0 Å². The third-order valence-electron chi connectivity index (χ3n) is 7.18. The first-order valence-corrected chi connectivity index (χ1v) is 13.3. The summed E-state index contributed by atoms with van der Waals surface area (Å²) < 4.78 is 6.74. The molecule has 0 aliphatic carbocycles. The number of halogens is 1. The van der Waals surface area contributed by atoms with Crippen LogP contribution in [-0.4, -0.2) is 55.8 Å². The van der Waals surface area contributed by atoms with Crippen molar-refractivity contribution < 1.29 is 4.52 Å². The lowest BCUT2D eigenvalue weighted by atomic mass is 9.93. The van der Waals surface area contributed by atoms with Gasteiger partial charge in [0, 0.05) is 53.3 Å². The van der Waals surface area contributed by atoms with Crippen molar-refractivity contribution in [3.8, 4) is 22.5 Å². The number of rotatable bonds is 8. The van der Waals surface area contributed by atoms with E-state index in [0.717, 1.165) is 36.4 Å². The fraction of sp³-hybridized carbons (Fsp3) is 0.444. The van der Waals surface area contributed by atoms with Gasteiger partial charge in [-0.2, -0.15) is 9.97 Å². The minimum absolute atomic E-state index is 0.146. The molecule has 0 amide bonds. The summed E-state index contributed by atoms with van der Waals surface area (Å²) in [5, 5.41) is 8.52. The number of piperidine rings is 1. The van der Waals surface area contributed by atoms with Crippen molar-refractivity contribution in [2.45, 2.75) is 46.6 Å². The normalized spacial score (nSPS) is 14.9. The molecule has 0 unspecified atom stereocenters. The Balaban J connectivity index is 1.37. The number of hydrogen-bond donors (Lipinski definition) is 1. The molecule has 4 heterocycles. The highest BCUT2D eigenvalue weighted by molar-refractivity contribution is 6.33. The van der Waals surface area contributed by atoms with Crippen molar-refractivity contribution in [2.24, 2.45) is 5.92 Å². The summed E-state index contributed by atoms with van der Waals surface area (Å²) in [6.07, 6.45) is 5.34. The molecule has 0 bridgehead atoms. The number of aromatic nitrogens is 5. The zero-order valence-corrected chi connectivity index (χ0v) is 22.3. The molecular formula is C27H32ClN7O2. The third-order valence-corrected chi connectivity index (χ3v) is 7.49. The number of nitrogens with zero attached hydrogens (tertiary/aromatic N) is 6. The lowest BCUT2D eigenvalue weighted by Crippen LogP contribution is -2.33. The average molecular weight is 522 g/mol. The van der Waals surface area contributed by atoms with Gasteiger partial charge >= 0.3 is 0 Å².